The standard InChI is InChI=1S/C11H16BrN3O/c1-3-15(8-11(16)13-2)7-10-5-4-9(12)6-14-10/h4-6H,3,7-8H2,1-2H3,(H,13,16). The molecule has 0 radical (unpaired) electrons. The lowest BCUT2D eigenvalue weighted by Crippen LogP contribution is -2.35. The van der Waals surface area contributed by atoms with Crippen LogP contribution >= 0.6 is 15.9 Å². The van der Waals surface area contributed by atoms with Crippen molar-refractivity contribution >= 4 is 21.8 Å². The van der Waals surface area contributed by atoms with Crippen molar-refractivity contribution in [3.8, 4) is 0 Å². The van der Waals surface area contributed by atoms with Crippen molar-refractivity contribution in [3.63, 3.8) is 0 Å². The van der Waals surface area contributed by atoms with Gasteiger partial charge in [0.05, 0.1) is 12.2 Å². The number of carbonyl (C=O) groups is 1. The third kappa shape index (κ3) is 4.28. The van der Waals surface area contributed by atoms with Gasteiger partial charge in [-0.25, -0.2) is 0 Å². The van der Waals surface area contributed by atoms with E-state index in [9.17, 15) is 4.79 Å². The van der Waals surface area contributed by atoms with Gasteiger partial charge in [-0.1, -0.05) is 6.92 Å². The number of likely N-dealkylation sites (N-methyl/N-ethyl adjacent to an activating group) is 2. The highest BCUT2D eigenvalue weighted by atomic mass is 79.9. The summed E-state index contributed by atoms with van der Waals surface area (Å²) < 4.78 is 0.964. The number of nitrogens with zero attached hydrogens (tertiary/aromatic N) is 2. The first-order valence-corrected chi connectivity index (χ1v) is 5.98. The predicted molar refractivity (Wildman–Crippen MR) is 67.0 cm³/mol. The Morgan fingerprint density at radius 3 is 2.81 bits per heavy atom. The minimum atomic E-state index is 0.0268. The van der Waals surface area contributed by atoms with Crippen LogP contribution in [0.25, 0.3) is 0 Å². The van der Waals surface area contributed by atoms with Crippen molar-refractivity contribution in [1.82, 2.24) is 15.2 Å². The van der Waals surface area contributed by atoms with Crippen LogP contribution in [-0.4, -0.2) is 35.9 Å². The van der Waals surface area contributed by atoms with Crippen LogP contribution < -0.4 is 5.32 Å². The molecule has 88 valence electrons. The lowest BCUT2D eigenvalue weighted by molar-refractivity contribution is -0.121. The molecule has 0 saturated carbocycles. The van der Waals surface area contributed by atoms with Crippen molar-refractivity contribution in [2.24, 2.45) is 0 Å². The average molecular weight is 286 g/mol. The number of hydrogen-bond donors (Lipinski definition) is 1. The summed E-state index contributed by atoms with van der Waals surface area (Å²) in [6, 6.07) is 3.91. The highest BCUT2D eigenvalue weighted by Crippen LogP contribution is 2.08. The highest BCUT2D eigenvalue weighted by molar-refractivity contribution is 9.10. The van der Waals surface area contributed by atoms with E-state index in [0.717, 1.165) is 16.7 Å². The van der Waals surface area contributed by atoms with E-state index in [4.69, 9.17) is 0 Å². The van der Waals surface area contributed by atoms with Gasteiger partial charge in [-0.05, 0) is 34.6 Å². The van der Waals surface area contributed by atoms with Crippen LogP contribution in [0.1, 0.15) is 12.6 Å². The molecule has 0 fully saturated rings. The zero-order valence-electron chi connectivity index (χ0n) is 9.53. The number of halogens is 1. The van der Waals surface area contributed by atoms with Gasteiger partial charge in [-0.15, -0.1) is 0 Å². The summed E-state index contributed by atoms with van der Waals surface area (Å²) in [6.07, 6.45) is 1.77. The molecule has 0 bridgehead atoms. The molecule has 1 heterocycles. The summed E-state index contributed by atoms with van der Waals surface area (Å²) in [6.45, 7) is 3.95. The maximum absolute atomic E-state index is 11.2. The van der Waals surface area contributed by atoms with Gasteiger partial charge in [0.2, 0.25) is 5.91 Å². The molecule has 1 rings (SSSR count). The van der Waals surface area contributed by atoms with Crippen LogP contribution in [0.3, 0.4) is 0 Å². The molecule has 1 aromatic heterocycles. The van der Waals surface area contributed by atoms with Crippen molar-refractivity contribution in [3.05, 3.63) is 28.5 Å². The fourth-order valence-corrected chi connectivity index (χ4v) is 1.53. The van der Waals surface area contributed by atoms with Crippen LogP contribution in [0.5, 0.6) is 0 Å². The summed E-state index contributed by atoms with van der Waals surface area (Å²) in [5.74, 6) is 0.0268. The summed E-state index contributed by atoms with van der Waals surface area (Å²) in [5.41, 5.74) is 0.967. The predicted octanol–water partition coefficient (Wildman–Crippen LogP) is 1.41. The Balaban J connectivity index is 2.56. The third-order valence-electron chi connectivity index (χ3n) is 2.27. The van der Waals surface area contributed by atoms with E-state index in [1.165, 1.54) is 0 Å². The first-order valence-electron chi connectivity index (χ1n) is 5.19. The Morgan fingerprint density at radius 1 is 1.56 bits per heavy atom. The maximum Gasteiger partial charge on any atom is 0.233 e. The minimum absolute atomic E-state index is 0.0268. The number of amides is 1. The Labute approximate surface area is 104 Å². The summed E-state index contributed by atoms with van der Waals surface area (Å²) in [5, 5.41) is 2.62. The maximum atomic E-state index is 11.2. The van der Waals surface area contributed by atoms with Crippen LogP contribution in [0.4, 0.5) is 0 Å². The second-order valence-electron chi connectivity index (χ2n) is 3.44. The van der Waals surface area contributed by atoms with Gasteiger partial charge in [0.25, 0.3) is 0 Å². The van der Waals surface area contributed by atoms with Gasteiger partial charge >= 0.3 is 0 Å². The molecule has 16 heavy (non-hydrogen) atoms. The number of aromatic nitrogens is 1. The molecule has 0 spiro atoms. The lowest BCUT2D eigenvalue weighted by atomic mass is 10.3. The normalized spacial score (nSPS) is 10.5. The van der Waals surface area contributed by atoms with E-state index in [1.54, 1.807) is 13.2 Å². The van der Waals surface area contributed by atoms with E-state index >= 15 is 0 Å². The highest BCUT2D eigenvalue weighted by Gasteiger charge is 2.08. The smallest absolute Gasteiger partial charge is 0.233 e. The first kappa shape index (κ1) is 13.1. The van der Waals surface area contributed by atoms with Gasteiger partial charge in [0.1, 0.15) is 0 Å². The molecule has 0 aromatic carbocycles. The molecule has 0 aliphatic rings. The quantitative estimate of drug-likeness (QED) is 0.890. The second kappa shape index (κ2) is 6.60. The molecular weight excluding hydrogens is 270 g/mol. The van der Waals surface area contributed by atoms with Gasteiger partial charge in [0, 0.05) is 24.3 Å². The molecule has 0 saturated heterocycles. The third-order valence-corrected chi connectivity index (χ3v) is 2.74. The number of pyridine rings is 1. The fraction of sp³-hybridized carbons (Fsp3) is 0.455. The summed E-state index contributed by atoms with van der Waals surface area (Å²) in [4.78, 5) is 17.6. The zero-order chi connectivity index (χ0) is 12.0. The van der Waals surface area contributed by atoms with E-state index in [0.29, 0.717) is 13.1 Å². The Morgan fingerprint density at radius 2 is 2.31 bits per heavy atom. The van der Waals surface area contributed by atoms with Crippen molar-refractivity contribution in [2.75, 3.05) is 20.1 Å². The molecule has 4 nitrogen and oxygen atoms in total. The lowest BCUT2D eigenvalue weighted by Gasteiger charge is -2.18. The van der Waals surface area contributed by atoms with Gasteiger partial charge in [-0.3, -0.25) is 14.7 Å². The molecule has 5 heteroatoms. The number of nitrogens with one attached hydrogen (secondary N) is 1. The topological polar surface area (TPSA) is 45.2 Å². The number of hydrogen-bond acceptors (Lipinski definition) is 3. The zero-order valence-corrected chi connectivity index (χ0v) is 11.1. The van der Waals surface area contributed by atoms with Gasteiger partial charge in [-0.2, -0.15) is 0 Å². The molecule has 0 aliphatic heterocycles. The number of rotatable bonds is 5. The van der Waals surface area contributed by atoms with Crippen molar-refractivity contribution in [1.29, 1.82) is 0 Å². The Hall–Kier alpha value is -0.940. The van der Waals surface area contributed by atoms with Gasteiger partial charge < -0.3 is 5.32 Å². The summed E-state index contributed by atoms with van der Waals surface area (Å²) in [7, 11) is 1.65. The Bertz CT molecular complexity index is 340. The Kier molecular flexibility index (Phi) is 5.42. The SMILES string of the molecule is CCN(CC(=O)NC)Cc1ccc(Br)cn1. The summed E-state index contributed by atoms with van der Waals surface area (Å²) >= 11 is 3.34. The largest absolute Gasteiger partial charge is 0.358 e. The van der Waals surface area contributed by atoms with E-state index < -0.39 is 0 Å². The molecule has 0 aliphatic carbocycles. The monoisotopic (exact) mass is 285 g/mol. The van der Waals surface area contributed by atoms with Crippen LogP contribution in [0, 0.1) is 0 Å². The molecule has 0 atom stereocenters. The van der Waals surface area contributed by atoms with Crippen LogP contribution in [0.2, 0.25) is 0 Å². The van der Waals surface area contributed by atoms with Crippen LogP contribution in [0.15, 0.2) is 22.8 Å². The minimum Gasteiger partial charge on any atom is -0.358 e. The molecular formula is C11H16BrN3O. The van der Waals surface area contributed by atoms with Gasteiger partial charge in [0.15, 0.2) is 0 Å². The fourth-order valence-electron chi connectivity index (χ4n) is 1.29. The average Bonchev–Trinajstić information content (AvgIpc) is 2.30. The molecule has 1 aromatic rings. The molecule has 1 amide bonds. The van der Waals surface area contributed by atoms with E-state index in [-0.39, 0.29) is 5.91 Å². The van der Waals surface area contributed by atoms with E-state index in [1.807, 2.05) is 24.0 Å². The number of carbonyl (C=O) groups excluding carboxylic acids is 1. The van der Waals surface area contributed by atoms with Crippen molar-refractivity contribution < 1.29 is 4.79 Å². The van der Waals surface area contributed by atoms with E-state index in [2.05, 4.69) is 26.2 Å². The van der Waals surface area contributed by atoms with Crippen molar-refractivity contribution in [2.45, 2.75) is 13.5 Å². The molecule has 1 N–H and O–H groups in total. The molecule has 0 unspecified atom stereocenters. The van der Waals surface area contributed by atoms with Crippen LogP contribution in [-0.2, 0) is 11.3 Å². The first-order chi connectivity index (χ1) is 7.65. The second-order valence-corrected chi connectivity index (χ2v) is 4.36.